The molecule has 2 aliphatic heterocycles. The van der Waals surface area contributed by atoms with Crippen LogP contribution in [0.15, 0.2) is 22.7 Å². The van der Waals surface area contributed by atoms with Crippen molar-refractivity contribution in [2.24, 2.45) is 17.6 Å². The van der Waals surface area contributed by atoms with Gasteiger partial charge in [-0.25, -0.2) is 9.18 Å². The first-order chi connectivity index (χ1) is 21.2. The standard InChI is InChI=1S/C32H47FN6O6/c1-19(2)28-36-30(45-37-28)38-15-11-21(12-16-38)20(3)13-17-43-22-9-10-23(24(33)18-22)26(35-31(42)44-32(4,5)6)29(41)39-14-7-8-25(39)27(34)40/h9-10,18-21,25-26H,7-8,11-17H2,1-6H3,(H2,34,40)(H,35,42)/t20?,25?,26-/m0/s1. The van der Waals surface area contributed by atoms with Crippen LogP contribution in [0.3, 0.4) is 0 Å². The van der Waals surface area contributed by atoms with Crippen LogP contribution in [0.2, 0.25) is 0 Å². The molecule has 2 aromatic rings. The number of hydrogen-bond acceptors (Lipinski definition) is 9. The smallest absolute Gasteiger partial charge is 0.408 e. The topological polar surface area (TPSA) is 153 Å². The van der Waals surface area contributed by atoms with Crippen LogP contribution in [-0.2, 0) is 14.3 Å². The Bertz CT molecular complexity index is 1340. The van der Waals surface area contributed by atoms with Gasteiger partial charge in [-0.2, -0.15) is 4.98 Å². The van der Waals surface area contributed by atoms with Gasteiger partial charge >= 0.3 is 12.1 Å². The van der Waals surface area contributed by atoms with Crippen molar-refractivity contribution in [3.63, 3.8) is 0 Å². The summed E-state index contributed by atoms with van der Waals surface area (Å²) in [5, 5.41) is 6.56. The molecule has 2 saturated heterocycles. The fourth-order valence-electron chi connectivity index (χ4n) is 5.87. The number of amides is 3. The molecule has 4 rings (SSSR count). The number of halogens is 1. The summed E-state index contributed by atoms with van der Waals surface area (Å²) in [5.41, 5.74) is 4.61. The largest absolute Gasteiger partial charge is 0.493 e. The summed E-state index contributed by atoms with van der Waals surface area (Å²) in [6.07, 6.45) is 2.88. The number of benzene rings is 1. The molecule has 1 aromatic heterocycles. The van der Waals surface area contributed by atoms with E-state index in [1.807, 2.05) is 13.8 Å². The number of carbonyl (C=O) groups excluding carboxylic acids is 3. The number of aromatic nitrogens is 2. The van der Waals surface area contributed by atoms with Gasteiger partial charge in [-0.1, -0.05) is 25.9 Å². The predicted octanol–water partition coefficient (Wildman–Crippen LogP) is 4.70. The molecule has 0 aliphatic carbocycles. The normalized spacial score (nSPS) is 19.0. The highest BCUT2D eigenvalue weighted by molar-refractivity contribution is 5.92. The van der Waals surface area contributed by atoms with E-state index in [4.69, 9.17) is 19.7 Å². The Morgan fingerprint density at radius 3 is 2.44 bits per heavy atom. The predicted molar refractivity (Wildman–Crippen MR) is 165 cm³/mol. The van der Waals surface area contributed by atoms with Crippen molar-refractivity contribution in [1.82, 2.24) is 20.4 Å². The minimum atomic E-state index is -1.41. The van der Waals surface area contributed by atoms with Gasteiger partial charge in [0.15, 0.2) is 5.82 Å². The van der Waals surface area contributed by atoms with Gasteiger partial charge in [0.2, 0.25) is 5.91 Å². The lowest BCUT2D eigenvalue weighted by atomic mass is 9.84. The number of nitrogens with zero attached hydrogens (tertiary/aromatic N) is 4. The molecule has 0 spiro atoms. The lowest BCUT2D eigenvalue weighted by molar-refractivity contribution is -0.139. The second-order valence-corrected chi connectivity index (χ2v) is 13.4. The highest BCUT2D eigenvalue weighted by atomic mass is 19.1. The molecule has 13 heteroatoms. The van der Waals surface area contributed by atoms with Gasteiger partial charge in [-0.15, -0.1) is 0 Å². The van der Waals surface area contributed by atoms with Gasteiger partial charge in [0, 0.05) is 37.2 Å². The number of rotatable bonds is 11. The zero-order valence-corrected chi connectivity index (χ0v) is 27.2. The number of ether oxygens (including phenoxy) is 2. The van der Waals surface area contributed by atoms with E-state index in [1.165, 1.54) is 17.0 Å². The van der Waals surface area contributed by atoms with Crippen LogP contribution in [0.5, 0.6) is 5.75 Å². The lowest BCUT2D eigenvalue weighted by Crippen LogP contribution is -2.49. The third-order valence-corrected chi connectivity index (χ3v) is 8.46. The number of nitrogens with one attached hydrogen (secondary N) is 1. The van der Waals surface area contributed by atoms with Crippen LogP contribution in [0, 0.1) is 17.7 Å². The van der Waals surface area contributed by atoms with Crippen LogP contribution >= 0.6 is 0 Å². The van der Waals surface area contributed by atoms with Crippen LogP contribution in [-0.4, -0.2) is 70.8 Å². The molecule has 248 valence electrons. The average Bonchev–Trinajstić information content (AvgIpc) is 3.66. The molecule has 3 atom stereocenters. The zero-order valence-electron chi connectivity index (χ0n) is 27.2. The summed E-state index contributed by atoms with van der Waals surface area (Å²) in [6, 6.07) is 2.55. The fourth-order valence-corrected chi connectivity index (χ4v) is 5.87. The van der Waals surface area contributed by atoms with Gasteiger partial charge in [0.25, 0.3) is 5.91 Å². The van der Waals surface area contributed by atoms with E-state index in [0.717, 1.165) is 32.4 Å². The zero-order chi connectivity index (χ0) is 32.9. The number of carbonyl (C=O) groups is 3. The van der Waals surface area contributed by atoms with Crippen LogP contribution < -0.4 is 20.7 Å². The lowest BCUT2D eigenvalue weighted by Gasteiger charge is -2.33. The molecule has 0 bridgehead atoms. The van der Waals surface area contributed by atoms with Gasteiger partial charge in [0.1, 0.15) is 29.3 Å². The van der Waals surface area contributed by atoms with Crippen molar-refractivity contribution < 1.29 is 32.8 Å². The van der Waals surface area contributed by atoms with Crippen LogP contribution in [0.4, 0.5) is 15.2 Å². The van der Waals surface area contributed by atoms with Crippen molar-refractivity contribution in [1.29, 1.82) is 0 Å². The highest BCUT2D eigenvalue weighted by Crippen LogP contribution is 2.31. The second kappa shape index (κ2) is 14.5. The maximum Gasteiger partial charge on any atom is 0.408 e. The van der Waals surface area contributed by atoms with E-state index in [1.54, 1.807) is 26.8 Å². The maximum atomic E-state index is 15.5. The molecule has 45 heavy (non-hydrogen) atoms. The van der Waals surface area contributed by atoms with Crippen molar-refractivity contribution >= 4 is 23.9 Å². The summed E-state index contributed by atoms with van der Waals surface area (Å²) in [4.78, 5) is 46.1. The maximum absolute atomic E-state index is 15.5. The Hall–Kier alpha value is -3.90. The van der Waals surface area contributed by atoms with E-state index < -0.39 is 41.4 Å². The minimum absolute atomic E-state index is 0.0600. The molecule has 12 nitrogen and oxygen atoms in total. The Kier molecular flexibility index (Phi) is 10.9. The molecule has 0 radical (unpaired) electrons. The van der Waals surface area contributed by atoms with Crippen molar-refractivity contribution in [2.45, 2.75) is 97.2 Å². The third kappa shape index (κ3) is 8.85. The molecule has 3 heterocycles. The van der Waals surface area contributed by atoms with Crippen LogP contribution in [0.25, 0.3) is 0 Å². The first-order valence-electron chi connectivity index (χ1n) is 15.8. The first-order valence-corrected chi connectivity index (χ1v) is 15.8. The Labute approximate surface area is 264 Å². The molecule has 2 unspecified atom stereocenters. The Balaban J connectivity index is 1.35. The number of hydrogen-bond donors (Lipinski definition) is 2. The van der Waals surface area contributed by atoms with E-state index in [9.17, 15) is 14.4 Å². The molecule has 3 N–H and O–H groups in total. The SMILES string of the molecule is CC(C)c1noc(N2CCC(C(C)CCOc3ccc([C@H](NC(=O)OC(C)(C)C)C(=O)N4CCCC4C(N)=O)c(F)c3)CC2)n1. The Morgan fingerprint density at radius 1 is 1.13 bits per heavy atom. The molecule has 1 aromatic carbocycles. The minimum Gasteiger partial charge on any atom is -0.493 e. The van der Waals surface area contributed by atoms with E-state index >= 15 is 4.39 Å². The molecule has 0 saturated carbocycles. The third-order valence-electron chi connectivity index (χ3n) is 8.46. The number of piperidine rings is 1. The highest BCUT2D eigenvalue weighted by Gasteiger charge is 2.39. The number of primary amides is 1. The monoisotopic (exact) mass is 630 g/mol. The van der Waals surface area contributed by atoms with Gasteiger partial charge in [-0.3, -0.25) is 9.59 Å². The number of anilines is 1. The molecular formula is C32H47FN6O6. The second-order valence-electron chi connectivity index (χ2n) is 13.4. The summed E-state index contributed by atoms with van der Waals surface area (Å²) < 4.78 is 32.2. The van der Waals surface area contributed by atoms with Crippen molar-refractivity contribution in [2.75, 3.05) is 31.1 Å². The fraction of sp³-hybridized carbons (Fsp3) is 0.656. The molecule has 2 fully saturated rings. The number of alkyl carbamates (subject to hydrolysis) is 1. The average molecular weight is 631 g/mol. The van der Waals surface area contributed by atoms with Gasteiger partial charge in [0.05, 0.1) is 6.61 Å². The quantitative estimate of drug-likeness (QED) is 0.360. The van der Waals surface area contributed by atoms with E-state index in [2.05, 4.69) is 27.3 Å². The Morgan fingerprint density at radius 2 is 1.84 bits per heavy atom. The van der Waals surface area contributed by atoms with Crippen LogP contribution in [0.1, 0.15) is 97.0 Å². The summed E-state index contributed by atoms with van der Waals surface area (Å²) in [6.45, 7) is 13.7. The molecule has 2 aliphatic rings. The van der Waals surface area contributed by atoms with Gasteiger partial charge in [-0.05, 0) is 76.8 Å². The number of likely N-dealkylation sites (tertiary alicyclic amines) is 1. The van der Waals surface area contributed by atoms with Gasteiger partial charge < -0.3 is 34.8 Å². The summed E-state index contributed by atoms with van der Waals surface area (Å²) in [7, 11) is 0. The number of nitrogens with two attached hydrogens (primary N) is 1. The van der Waals surface area contributed by atoms with E-state index in [0.29, 0.717) is 48.9 Å². The first kappa shape index (κ1) is 34.0. The van der Waals surface area contributed by atoms with Crippen molar-refractivity contribution in [3.05, 3.63) is 35.4 Å². The summed E-state index contributed by atoms with van der Waals surface area (Å²) in [5.74, 6) is 0.150. The van der Waals surface area contributed by atoms with E-state index in [-0.39, 0.29) is 18.0 Å². The summed E-state index contributed by atoms with van der Waals surface area (Å²) >= 11 is 0. The molecule has 3 amide bonds. The van der Waals surface area contributed by atoms with Crippen molar-refractivity contribution in [3.8, 4) is 5.75 Å². The molecular weight excluding hydrogens is 583 g/mol.